The second-order valence-corrected chi connectivity index (χ2v) is 6.67. The quantitative estimate of drug-likeness (QED) is 0.906. The molecule has 0 aromatic heterocycles. The van der Waals surface area contributed by atoms with Crippen molar-refractivity contribution in [2.45, 2.75) is 52.6 Å². The Kier molecular flexibility index (Phi) is 5.22. The Labute approximate surface area is 124 Å². The van der Waals surface area contributed by atoms with Crippen molar-refractivity contribution in [2.75, 3.05) is 13.1 Å². The molecule has 0 amide bonds. The minimum absolute atomic E-state index is 0.220. The first-order chi connectivity index (χ1) is 9.52. The number of hydrogen-bond acceptors (Lipinski definition) is 2. The number of rotatable bonds is 4. The maximum Gasteiger partial charge on any atom is 0.0499 e. The van der Waals surface area contributed by atoms with Gasteiger partial charge in [-0.1, -0.05) is 50.6 Å². The van der Waals surface area contributed by atoms with E-state index in [2.05, 4.69) is 56.9 Å². The van der Waals surface area contributed by atoms with E-state index in [1.807, 2.05) is 0 Å². The number of likely N-dealkylation sites (tertiary alicyclic amines) is 1. The Bertz CT molecular complexity index is 429. The molecule has 2 heteroatoms. The van der Waals surface area contributed by atoms with E-state index in [0.717, 1.165) is 18.3 Å². The molecule has 0 bridgehead atoms. The molecule has 4 unspecified atom stereocenters. The van der Waals surface area contributed by atoms with E-state index in [1.165, 1.54) is 30.6 Å². The first-order valence-corrected chi connectivity index (χ1v) is 8.09. The molecule has 1 saturated heterocycles. The van der Waals surface area contributed by atoms with Crippen molar-refractivity contribution >= 4 is 0 Å². The molecule has 2 nitrogen and oxygen atoms in total. The van der Waals surface area contributed by atoms with Crippen molar-refractivity contribution in [3.8, 4) is 0 Å². The molecule has 2 N–H and O–H groups in total. The van der Waals surface area contributed by atoms with Crippen LogP contribution in [0.15, 0.2) is 24.3 Å². The van der Waals surface area contributed by atoms with Crippen LogP contribution in [-0.4, -0.2) is 24.0 Å². The van der Waals surface area contributed by atoms with Crippen LogP contribution in [0.3, 0.4) is 0 Å². The standard InChI is InChI=1S/C18H30N2/c1-5-17(19)18(16-8-6-7-13(2)11-16)20-10-9-14(3)15(4)12-20/h6-8,11,14-15,17-18H,5,9-10,12,19H2,1-4H3. The molecular weight excluding hydrogens is 244 g/mol. The Morgan fingerprint density at radius 2 is 2.05 bits per heavy atom. The molecular formula is C18H30N2. The smallest absolute Gasteiger partial charge is 0.0499 e. The zero-order chi connectivity index (χ0) is 14.7. The van der Waals surface area contributed by atoms with Gasteiger partial charge in [-0.3, -0.25) is 4.90 Å². The highest BCUT2D eigenvalue weighted by Gasteiger charge is 2.31. The van der Waals surface area contributed by atoms with Gasteiger partial charge in [0.2, 0.25) is 0 Å². The van der Waals surface area contributed by atoms with Crippen LogP contribution >= 0.6 is 0 Å². The Morgan fingerprint density at radius 3 is 2.65 bits per heavy atom. The predicted molar refractivity (Wildman–Crippen MR) is 86.7 cm³/mol. The molecule has 1 aliphatic heterocycles. The fraction of sp³-hybridized carbons (Fsp3) is 0.667. The van der Waals surface area contributed by atoms with Gasteiger partial charge in [-0.2, -0.15) is 0 Å². The lowest BCUT2D eigenvalue weighted by molar-refractivity contribution is 0.0816. The summed E-state index contributed by atoms with van der Waals surface area (Å²) in [7, 11) is 0. The molecule has 0 saturated carbocycles. The molecule has 1 aromatic carbocycles. The van der Waals surface area contributed by atoms with Crippen molar-refractivity contribution < 1.29 is 0 Å². The van der Waals surface area contributed by atoms with Crippen molar-refractivity contribution in [3.05, 3.63) is 35.4 Å². The monoisotopic (exact) mass is 274 g/mol. The predicted octanol–water partition coefficient (Wildman–Crippen LogP) is 3.75. The summed E-state index contributed by atoms with van der Waals surface area (Å²) in [6, 6.07) is 9.47. The maximum absolute atomic E-state index is 6.47. The summed E-state index contributed by atoms with van der Waals surface area (Å²) < 4.78 is 0. The van der Waals surface area contributed by atoms with E-state index in [9.17, 15) is 0 Å². The van der Waals surface area contributed by atoms with Gasteiger partial charge in [0, 0.05) is 18.6 Å². The normalized spacial score (nSPS) is 27.2. The summed E-state index contributed by atoms with van der Waals surface area (Å²) >= 11 is 0. The Balaban J connectivity index is 2.24. The van der Waals surface area contributed by atoms with Crippen molar-refractivity contribution in [1.82, 2.24) is 4.90 Å². The van der Waals surface area contributed by atoms with Crippen LogP contribution in [0.4, 0.5) is 0 Å². The third-order valence-corrected chi connectivity index (χ3v) is 5.02. The van der Waals surface area contributed by atoms with Gasteiger partial charge in [0.05, 0.1) is 0 Å². The second-order valence-electron chi connectivity index (χ2n) is 6.67. The molecule has 4 atom stereocenters. The highest BCUT2D eigenvalue weighted by molar-refractivity contribution is 5.26. The molecule has 20 heavy (non-hydrogen) atoms. The van der Waals surface area contributed by atoms with Crippen molar-refractivity contribution in [2.24, 2.45) is 17.6 Å². The number of benzene rings is 1. The molecule has 112 valence electrons. The third kappa shape index (κ3) is 3.42. The highest BCUT2D eigenvalue weighted by atomic mass is 15.2. The summed E-state index contributed by atoms with van der Waals surface area (Å²) in [4.78, 5) is 2.62. The molecule has 0 spiro atoms. The zero-order valence-corrected chi connectivity index (χ0v) is 13.5. The molecule has 1 fully saturated rings. The van der Waals surface area contributed by atoms with Gasteiger partial charge < -0.3 is 5.73 Å². The molecule has 2 rings (SSSR count). The highest BCUT2D eigenvalue weighted by Crippen LogP contribution is 2.32. The average Bonchev–Trinajstić information content (AvgIpc) is 2.43. The fourth-order valence-corrected chi connectivity index (χ4v) is 3.35. The van der Waals surface area contributed by atoms with E-state index in [-0.39, 0.29) is 6.04 Å². The summed E-state index contributed by atoms with van der Waals surface area (Å²) in [6.45, 7) is 11.5. The summed E-state index contributed by atoms with van der Waals surface area (Å²) in [5.74, 6) is 1.60. The van der Waals surface area contributed by atoms with Gasteiger partial charge in [-0.05, 0) is 43.7 Å². The SMILES string of the molecule is CCC(N)C(c1cccc(C)c1)N1CCC(C)C(C)C1. The number of aryl methyl sites for hydroxylation is 1. The number of nitrogens with two attached hydrogens (primary N) is 1. The van der Waals surface area contributed by atoms with Gasteiger partial charge in [0.15, 0.2) is 0 Å². The second kappa shape index (κ2) is 6.73. The molecule has 1 heterocycles. The van der Waals surface area contributed by atoms with Gasteiger partial charge in [0.1, 0.15) is 0 Å². The number of piperidine rings is 1. The van der Waals surface area contributed by atoms with Crippen LogP contribution in [0.2, 0.25) is 0 Å². The molecule has 1 aromatic rings. The largest absolute Gasteiger partial charge is 0.326 e. The van der Waals surface area contributed by atoms with Gasteiger partial charge >= 0.3 is 0 Å². The van der Waals surface area contributed by atoms with Crippen LogP contribution in [-0.2, 0) is 0 Å². The Hall–Kier alpha value is -0.860. The minimum atomic E-state index is 0.220. The van der Waals surface area contributed by atoms with E-state index in [0.29, 0.717) is 6.04 Å². The van der Waals surface area contributed by atoms with E-state index >= 15 is 0 Å². The van der Waals surface area contributed by atoms with Crippen molar-refractivity contribution in [3.63, 3.8) is 0 Å². The lowest BCUT2D eigenvalue weighted by atomic mass is 9.85. The van der Waals surface area contributed by atoms with Crippen molar-refractivity contribution in [1.29, 1.82) is 0 Å². The van der Waals surface area contributed by atoms with Gasteiger partial charge in [-0.25, -0.2) is 0 Å². The lowest BCUT2D eigenvalue weighted by Gasteiger charge is -2.42. The van der Waals surface area contributed by atoms with Crippen LogP contribution in [0.5, 0.6) is 0 Å². The van der Waals surface area contributed by atoms with Gasteiger partial charge in [0.25, 0.3) is 0 Å². The third-order valence-electron chi connectivity index (χ3n) is 5.02. The van der Waals surface area contributed by atoms with Crippen LogP contribution in [0, 0.1) is 18.8 Å². The lowest BCUT2D eigenvalue weighted by Crippen LogP contribution is -2.47. The van der Waals surface area contributed by atoms with E-state index in [4.69, 9.17) is 5.73 Å². The molecule has 0 radical (unpaired) electrons. The van der Waals surface area contributed by atoms with Crippen LogP contribution in [0.25, 0.3) is 0 Å². The maximum atomic E-state index is 6.47. The average molecular weight is 274 g/mol. The summed E-state index contributed by atoms with van der Waals surface area (Å²) in [5, 5.41) is 0. The van der Waals surface area contributed by atoms with E-state index in [1.54, 1.807) is 0 Å². The van der Waals surface area contributed by atoms with E-state index < -0.39 is 0 Å². The topological polar surface area (TPSA) is 29.3 Å². The number of hydrogen-bond donors (Lipinski definition) is 1. The van der Waals surface area contributed by atoms with Gasteiger partial charge in [-0.15, -0.1) is 0 Å². The number of nitrogens with zero attached hydrogens (tertiary/aromatic N) is 1. The van der Waals surface area contributed by atoms with Crippen LogP contribution < -0.4 is 5.73 Å². The minimum Gasteiger partial charge on any atom is -0.326 e. The molecule has 1 aliphatic rings. The summed E-state index contributed by atoms with van der Waals surface area (Å²) in [5.41, 5.74) is 9.19. The zero-order valence-electron chi connectivity index (χ0n) is 13.5. The summed E-state index contributed by atoms with van der Waals surface area (Å²) in [6.07, 6.45) is 2.32. The first-order valence-electron chi connectivity index (χ1n) is 8.09. The first kappa shape index (κ1) is 15.5. The molecule has 0 aliphatic carbocycles. The van der Waals surface area contributed by atoms with Crippen LogP contribution in [0.1, 0.15) is 50.8 Å². The fourth-order valence-electron chi connectivity index (χ4n) is 3.35. The Morgan fingerprint density at radius 1 is 1.30 bits per heavy atom.